The Hall–Kier alpha value is -2.30. The van der Waals surface area contributed by atoms with Crippen molar-refractivity contribution in [1.29, 1.82) is 0 Å². The van der Waals surface area contributed by atoms with Crippen LogP contribution < -0.4 is 10.6 Å². The topological polar surface area (TPSA) is 64.2 Å². The largest absolute Gasteiger partial charge is 0.398 e. The molecule has 1 aromatic heterocycles. The molecule has 1 aliphatic heterocycles. The van der Waals surface area contributed by atoms with Crippen molar-refractivity contribution >= 4 is 17.3 Å². The zero-order valence-corrected chi connectivity index (χ0v) is 12.2. The van der Waals surface area contributed by atoms with E-state index < -0.39 is 0 Å². The lowest BCUT2D eigenvalue weighted by atomic mass is 9.99. The van der Waals surface area contributed by atoms with Crippen molar-refractivity contribution in [3.8, 4) is 0 Å². The number of nitrogens with two attached hydrogens (primary N) is 1. The summed E-state index contributed by atoms with van der Waals surface area (Å²) in [7, 11) is 0. The Bertz CT molecular complexity index is 662. The Morgan fingerprint density at radius 2 is 2.29 bits per heavy atom. The molecule has 21 heavy (non-hydrogen) atoms. The van der Waals surface area contributed by atoms with E-state index in [9.17, 15) is 4.79 Å². The second-order valence-corrected chi connectivity index (χ2v) is 5.52. The molecule has 0 spiro atoms. The van der Waals surface area contributed by atoms with Crippen molar-refractivity contribution in [2.75, 3.05) is 17.2 Å². The number of nitrogen functional groups attached to an aromatic ring is 1. The van der Waals surface area contributed by atoms with Crippen LogP contribution in [0.25, 0.3) is 0 Å². The third-order valence-electron chi connectivity index (χ3n) is 3.90. The average molecular weight is 284 g/mol. The summed E-state index contributed by atoms with van der Waals surface area (Å²) in [4.78, 5) is 14.4. The number of aryl methyl sites for hydroxylation is 2. The third kappa shape index (κ3) is 2.77. The number of benzene rings is 1. The van der Waals surface area contributed by atoms with Crippen molar-refractivity contribution in [2.45, 2.75) is 32.7 Å². The van der Waals surface area contributed by atoms with Gasteiger partial charge in [-0.05, 0) is 43.0 Å². The molecule has 0 saturated heterocycles. The first-order chi connectivity index (χ1) is 10.1. The van der Waals surface area contributed by atoms with E-state index in [4.69, 9.17) is 5.73 Å². The number of nitrogens with zero attached hydrogens (tertiary/aromatic N) is 3. The van der Waals surface area contributed by atoms with E-state index >= 15 is 0 Å². The van der Waals surface area contributed by atoms with Gasteiger partial charge in [0.2, 0.25) is 5.91 Å². The highest BCUT2D eigenvalue weighted by Crippen LogP contribution is 2.31. The molecular weight excluding hydrogens is 264 g/mol. The van der Waals surface area contributed by atoms with E-state index in [1.54, 1.807) is 6.20 Å². The van der Waals surface area contributed by atoms with Gasteiger partial charge in [0.15, 0.2) is 0 Å². The van der Waals surface area contributed by atoms with E-state index in [2.05, 4.69) is 5.10 Å². The van der Waals surface area contributed by atoms with Crippen molar-refractivity contribution in [3.63, 3.8) is 0 Å². The predicted octanol–water partition coefficient (Wildman–Crippen LogP) is 2.14. The molecule has 1 amide bonds. The highest BCUT2D eigenvalue weighted by molar-refractivity contribution is 5.95. The number of fused-ring (bicyclic) bond motifs is 1. The fourth-order valence-electron chi connectivity index (χ4n) is 2.85. The Labute approximate surface area is 124 Å². The first-order valence-corrected chi connectivity index (χ1v) is 7.32. The van der Waals surface area contributed by atoms with Gasteiger partial charge in [0.1, 0.15) is 0 Å². The van der Waals surface area contributed by atoms with Gasteiger partial charge in [-0.15, -0.1) is 0 Å². The van der Waals surface area contributed by atoms with Gasteiger partial charge < -0.3 is 10.6 Å². The maximum atomic E-state index is 12.5. The number of hydrogen-bond acceptors (Lipinski definition) is 3. The van der Waals surface area contributed by atoms with Gasteiger partial charge in [-0.2, -0.15) is 5.10 Å². The van der Waals surface area contributed by atoms with Crippen LogP contribution in [0.5, 0.6) is 0 Å². The molecular formula is C16H20N4O. The van der Waals surface area contributed by atoms with Crippen LogP contribution in [0.1, 0.15) is 24.0 Å². The monoisotopic (exact) mass is 284 g/mol. The van der Waals surface area contributed by atoms with E-state index in [0.29, 0.717) is 13.0 Å². The molecule has 0 bridgehead atoms. The van der Waals surface area contributed by atoms with Crippen LogP contribution in [0.3, 0.4) is 0 Å². The number of hydrogen-bond donors (Lipinski definition) is 1. The second kappa shape index (κ2) is 5.60. The average Bonchev–Trinajstić information content (AvgIpc) is 2.90. The lowest BCUT2D eigenvalue weighted by Gasteiger charge is -2.30. The summed E-state index contributed by atoms with van der Waals surface area (Å²) in [6.45, 7) is 3.38. The summed E-state index contributed by atoms with van der Waals surface area (Å²) in [6.07, 6.45) is 6.13. The molecule has 5 nitrogen and oxygen atoms in total. The smallest absolute Gasteiger partial charge is 0.228 e. The van der Waals surface area contributed by atoms with Crippen LogP contribution in [0.2, 0.25) is 0 Å². The zero-order chi connectivity index (χ0) is 14.8. The van der Waals surface area contributed by atoms with Gasteiger partial charge in [-0.25, -0.2) is 0 Å². The molecule has 0 saturated carbocycles. The molecule has 110 valence electrons. The highest BCUT2D eigenvalue weighted by Gasteiger charge is 2.23. The lowest BCUT2D eigenvalue weighted by molar-refractivity contribution is -0.119. The maximum Gasteiger partial charge on any atom is 0.228 e. The predicted molar refractivity (Wildman–Crippen MR) is 83.1 cm³/mol. The van der Waals surface area contributed by atoms with Crippen LogP contribution in [0.15, 0.2) is 30.6 Å². The molecule has 1 aliphatic rings. The molecule has 0 aliphatic carbocycles. The molecule has 2 aromatic rings. The lowest BCUT2D eigenvalue weighted by Crippen LogP contribution is -2.36. The first-order valence-electron chi connectivity index (χ1n) is 7.32. The number of aromatic nitrogens is 2. The Morgan fingerprint density at radius 3 is 3.05 bits per heavy atom. The van der Waals surface area contributed by atoms with Crippen LogP contribution in [-0.2, 0) is 17.8 Å². The van der Waals surface area contributed by atoms with Crippen LogP contribution in [-0.4, -0.2) is 22.2 Å². The molecule has 1 aromatic carbocycles. The number of carbonyl (C=O) groups excluding carboxylic acids is 1. The van der Waals surface area contributed by atoms with Crippen molar-refractivity contribution in [2.24, 2.45) is 0 Å². The Balaban J connectivity index is 1.73. The SMILES string of the molecule is Cc1cnn(CCC(=O)N2CCCc3c(N)cccc32)c1. The standard InChI is InChI=1S/C16H20N4O/c1-12-10-18-19(11-12)9-7-16(21)20-8-3-4-13-14(17)5-2-6-15(13)20/h2,5-6,10-11H,3-4,7-9,17H2,1H3. The molecule has 0 fully saturated rings. The van der Waals surface area contributed by atoms with Gasteiger partial charge in [-0.3, -0.25) is 9.48 Å². The fraction of sp³-hybridized carbons (Fsp3) is 0.375. The number of rotatable bonds is 3. The normalized spacial score (nSPS) is 14.0. The second-order valence-electron chi connectivity index (χ2n) is 5.52. The number of anilines is 2. The molecule has 2 heterocycles. The minimum Gasteiger partial charge on any atom is -0.398 e. The summed E-state index contributed by atoms with van der Waals surface area (Å²) in [5.41, 5.74) is 9.99. The van der Waals surface area contributed by atoms with Gasteiger partial charge in [0.25, 0.3) is 0 Å². The van der Waals surface area contributed by atoms with Crippen molar-refractivity contribution in [1.82, 2.24) is 9.78 Å². The molecule has 0 radical (unpaired) electrons. The summed E-state index contributed by atoms with van der Waals surface area (Å²) < 4.78 is 1.82. The molecule has 0 unspecified atom stereocenters. The number of carbonyl (C=O) groups is 1. The first kappa shape index (κ1) is 13.7. The Morgan fingerprint density at radius 1 is 1.43 bits per heavy atom. The van der Waals surface area contributed by atoms with Crippen LogP contribution >= 0.6 is 0 Å². The third-order valence-corrected chi connectivity index (χ3v) is 3.90. The van der Waals surface area contributed by atoms with Crippen LogP contribution in [0, 0.1) is 6.92 Å². The molecule has 5 heteroatoms. The highest BCUT2D eigenvalue weighted by atomic mass is 16.2. The van der Waals surface area contributed by atoms with Gasteiger partial charge in [-0.1, -0.05) is 6.07 Å². The molecule has 0 atom stereocenters. The summed E-state index contributed by atoms with van der Waals surface area (Å²) in [5.74, 6) is 0.134. The van der Waals surface area contributed by atoms with Gasteiger partial charge >= 0.3 is 0 Å². The van der Waals surface area contributed by atoms with E-state index in [1.165, 1.54) is 0 Å². The summed E-state index contributed by atoms with van der Waals surface area (Å²) in [5, 5.41) is 4.22. The van der Waals surface area contributed by atoms with Crippen molar-refractivity contribution < 1.29 is 4.79 Å². The minimum atomic E-state index is 0.134. The quantitative estimate of drug-likeness (QED) is 0.878. The van der Waals surface area contributed by atoms with Gasteiger partial charge in [0, 0.05) is 37.1 Å². The molecule has 3 rings (SSSR count). The van der Waals surface area contributed by atoms with E-state index in [-0.39, 0.29) is 5.91 Å². The fourth-order valence-corrected chi connectivity index (χ4v) is 2.85. The van der Waals surface area contributed by atoms with Crippen LogP contribution in [0.4, 0.5) is 11.4 Å². The summed E-state index contributed by atoms with van der Waals surface area (Å²) in [6, 6.07) is 5.80. The maximum absolute atomic E-state index is 12.5. The number of amides is 1. The minimum absolute atomic E-state index is 0.134. The molecule has 2 N–H and O–H groups in total. The summed E-state index contributed by atoms with van der Waals surface area (Å²) >= 11 is 0. The zero-order valence-electron chi connectivity index (χ0n) is 12.2. The van der Waals surface area contributed by atoms with E-state index in [1.807, 2.05) is 40.9 Å². The Kier molecular flexibility index (Phi) is 3.64. The van der Waals surface area contributed by atoms with E-state index in [0.717, 1.165) is 41.9 Å². The van der Waals surface area contributed by atoms with Gasteiger partial charge in [0.05, 0.1) is 6.20 Å². The van der Waals surface area contributed by atoms with Crippen molar-refractivity contribution in [3.05, 3.63) is 41.7 Å².